The lowest BCUT2D eigenvalue weighted by Gasteiger charge is -2.52. The van der Waals surface area contributed by atoms with Crippen molar-refractivity contribution in [3.63, 3.8) is 0 Å². The van der Waals surface area contributed by atoms with Gasteiger partial charge in [0.15, 0.2) is 0 Å². The summed E-state index contributed by atoms with van der Waals surface area (Å²) in [6.45, 7) is 3.04. The fourth-order valence-electron chi connectivity index (χ4n) is 3.83. The molecule has 0 atom stereocenters. The van der Waals surface area contributed by atoms with E-state index in [0.29, 0.717) is 38.4 Å². The number of aromatic nitrogens is 2. The molecule has 2 aromatic rings. The maximum Gasteiger partial charge on any atom is 0.372 e. The number of benzene rings is 1. The highest BCUT2D eigenvalue weighted by atomic mass is 16.5. The van der Waals surface area contributed by atoms with Gasteiger partial charge in [-0.15, -0.1) is 0 Å². The van der Waals surface area contributed by atoms with Gasteiger partial charge in [-0.3, -0.25) is 9.69 Å². The first kappa shape index (κ1) is 17.7. The third-order valence-electron chi connectivity index (χ3n) is 5.38. The van der Waals surface area contributed by atoms with E-state index in [1.807, 2.05) is 24.3 Å². The molecule has 8 heteroatoms. The topological polar surface area (TPSA) is 87.9 Å². The molecule has 1 spiro atoms. The second-order valence-corrected chi connectivity index (χ2v) is 7.27. The van der Waals surface area contributed by atoms with Crippen molar-refractivity contribution in [2.75, 3.05) is 33.9 Å². The van der Waals surface area contributed by atoms with E-state index >= 15 is 0 Å². The van der Waals surface area contributed by atoms with Crippen LogP contribution in [-0.4, -0.2) is 70.2 Å². The van der Waals surface area contributed by atoms with Crippen LogP contribution < -0.4 is 0 Å². The van der Waals surface area contributed by atoms with Gasteiger partial charge in [0.25, 0.3) is 5.91 Å². The molecule has 27 heavy (non-hydrogen) atoms. The Morgan fingerprint density at radius 1 is 1.22 bits per heavy atom. The summed E-state index contributed by atoms with van der Waals surface area (Å²) in [7, 11) is 3.47. The van der Waals surface area contributed by atoms with Crippen LogP contribution in [0.4, 0.5) is 0 Å². The summed E-state index contributed by atoms with van der Waals surface area (Å²) in [5.74, 6) is -0.942. The van der Waals surface area contributed by atoms with Crippen LogP contribution in [0.15, 0.2) is 30.5 Å². The summed E-state index contributed by atoms with van der Waals surface area (Å²) in [6, 6.07) is 7.63. The van der Waals surface area contributed by atoms with Crippen LogP contribution in [0.3, 0.4) is 0 Å². The minimum atomic E-state index is -1.01. The number of imidazole rings is 1. The van der Waals surface area contributed by atoms with Crippen molar-refractivity contribution in [3.05, 3.63) is 53.1 Å². The number of carbonyl (C=O) groups excluding carboxylic acids is 1. The van der Waals surface area contributed by atoms with Crippen molar-refractivity contribution in [3.8, 4) is 0 Å². The summed E-state index contributed by atoms with van der Waals surface area (Å²) < 4.78 is 7.30. The number of amides is 1. The summed E-state index contributed by atoms with van der Waals surface area (Å²) >= 11 is 0. The van der Waals surface area contributed by atoms with E-state index in [1.165, 1.54) is 0 Å². The summed E-state index contributed by atoms with van der Waals surface area (Å²) in [6.07, 6.45) is 1.66. The number of ether oxygens (including phenoxy) is 1. The highest BCUT2D eigenvalue weighted by Crippen LogP contribution is 2.40. The molecular weight excluding hydrogens is 348 g/mol. The second-order valence-electron chi connectivity index (χ2n) is 7.27. The van der Waals surface area contributed by atoms with Gasteiger partial charge in [0.1, 0.15) is 5.54 Å². The van der Waals surface area contributed by atoms with Gasteiger partial charge in [-0.25, -0.2) is 9.78 Å². The van der Waals surface area contributed by atoms with Gasteiger partial charge in [-0.05, 0) is 17.7 Å². The average Bonchev–Trinajstić information content (AvgIpc) is 3.04. The molecule has 142 valence electrons. The van der Waals surface area contributed by atoms with E-state index < -0.39 is 5.97 Å². The molecule has 1 amide bonds. The first-order chi connectivity index (χ1) is 12.9. The summed E-state index contributed by atoms with van der Waals surface area (Å²) in [5, 5.41) is 9.34. The van der Waals surface area contributed by atoms with Gasteiger partial charge in [-0.1, -0.05) is 12.1 Å². The van der Waals surface area contributed by atoms with E-state index in [-0.39, 0.29) is 17.3 Å². The number of carboxylic acids is 1. The molecule has 3 heterocycles. The molecule has 4 rings (SSSR count). The highest BCUT2D eigenvalue weighted by Gasteiger charge is 2.50. The van der Waals surface area contributed by atoms with Gasteiger partial charge in [0, 0.05) is 39.3 Å². The standard InChI is InChI=1S/C19H22N4O4/c1-21(2)17(24)14-5-3-13(4-6-14)10-22-7-8-23-15(19(22)11-27-12-19)9-20-16(23)18(25)26/h3-6,9H,7-8,10-12H2,1-2H3,(H,25,26). The van der Waals surface area contributed by atoms with E-state index in [4.69, 9.17) is 4.74 Å². The zero-order chi connectivity index (χ0) is 19.2. The van der Waals surface area contributed by atoms with Gasteiger partial charge in [-0.2, -0.15) is 0 Å². The summed E-state index contributed by atoms with van der Waals surface area (Å²) in [5.41, 5.74) is 2.32. The Labute approximate surface area is 157 Å². The van der Waals surface area contributed by atoms with Crippen LogP contribution in [0.2, 0.25) is 0 Å². The van der Waals surface area contributed by atoms with Crippen LogP contribution in [0.1, 0.15) is 32.2 Å². The van der Waals surface area contributed by atoms with Crippen molar-refractivity contribution in [1.29, 1.82) is 0 Å². The van der Waals surface area contributed by atoms with Crippen molar-refractivity contribution < 1.29 is 19.4 Å². The van der Waals surface area contributed by atoms with Crippen molar-refractivity contribution in [2.24, 2.45) is 0 Å². The molecule has 0 unspecified atom stereocenters. The van der Waals surface area contributed by atoms with Crippen LogP contribution in [-0.2, 0) is 23.4 Å². The van der Waals surface area contributed by atoms with Crippen molar-refractivity contribution >= 4 is 11.9 Å². The average molecular weight is 370 g/mol. The molecule has 0 bridgehead atoms. The maximum absolute atomic E-state index is 12.0. The smallest absolute Gasteiger partial charge is 0.372 e. The third kappa shape index (κ3) is 2.81. The lowest BCUT2D eigenvalue weighted by Crippen LogP contribution is -2.63. The van der Waals surface area contributed by atoms with Crippen molar-refractivity contribution in [2.45, 2.75) is 18.6 Å². The molecule has 2 aliphatic rings. The van der Waals surface area contributed by atoms with Crippen LogP contribution in [0, 0.1) is 0 Å². The largest absolute Gasteiger partial charge is 0.475 e. The van der Waals surface area contributed by atoms with Gasteiger partial charge in [0.2, 0.25) is 5.82 Å². The monoisotopic (exact) mass is 370 g/mol. The quantitative estimate of drug-likeness (QED) is 0.865. The maximum atomic E-state index is 12.0. The first-order valence-corrected chi connectivity index (χ1v) is 8.85. The molecule has 0 saturated carbocycles. The molecule has 2 aliphatic heterocycles. The predicted octanol–water partition coefficient (Wildman–Crippen LogP) is 1.02. The molecule has 1 saturated heterocycles. The molecule has 0 radical (unpaired) electrons. The van der Waals surface area contributed by atoms with Crippen LogP contribution in [0.25, 0.3) is 0 Å². The molecule has 1 fully saturated rings. The number of fused-ring (bicyclic) bond motifs is 2. The Balaban J connectivity index is 1.58. The van der Waals surface area contributed by atoms with E-state index in [2.05, 4.69) is 9.88 Å². The molecule has 8 nitrogen and oxygen atoms in total. The second kappa shape index (κ2) is 6.47. The lowest BCUT2D eigenvalue weighted by atomic mass is 9.88. The number of carboxylic acid groups (broad SMARTS) is 1. The lowest BCUT2D eigenvalue weighted by molar-refractivity contribution is -0.162. The number of hydrogen-bond acceptors (Lipinski definition) is 5. The van der Waals surface area contributed by atoms with Gasteiger partial charge in [0.05, 0.1) is 25.1 Å². The van der Waals surface area contributed by atoms with E-state index in [1.54, 1.807) is 29.8 Å². The van der Waals surface area contributed by atoms with E-state index in [9.17, 15) is 14.7 Å². The zero-order valence-electron chi connectivity index (χ0n) is 15.4. The fraction of sp³-hybridized carbons (Fsp3) is 0.421. The normalized spacial score (nSPS) is 18.0. The Kier molecular flexibility index (Phi) is 4.24. The SMILES string of the molecule is CN(C)C(=O)c1ccc(CN2CCn3c(cnc3C(=O)O)C23COC3)cc1. The first-order valence-electron chi connectivity index (χ1n) is 8.85. The molecule has 1 aromatic heterocycles. The number of hydrogen-bond donors (Lipinski definition) is 1. The minimum absolute atomic E-state index is 0.0199. The Morgan fingerprint density at radius 3 is 2.48 bits per heavy atom. The molecule has 1 aromatic carbocycles. The van der Waals surface area contributed by atoms with Crippen molar-refractivity contribution in [1.82, 2.24) is 19.4 Å². The zero-order valence-corrected chi connectivity index (χ0v) is 15.4. The van der Waals surface area contributed by atoms with Crippen LogP contribution >= 0.6 is 0 Å². The Morgan fingerprint density at radius 2 is 1.93 bits per heavy atom. The minimum Gasteiger partial charge on any atom is -0.475 e. The van der Waals surface area contributed by atoms with Gasteiger partial charge < -0.3 is 19.3 Å². The number of rotatable bonds is 4. The molecule has 0 aliphatic carbocycles. The number of aromatic carboxylic acids is 1. The number of nitrogens with zero attached hydrogens (tertiary/aromatic N) is 4. The van der Waals surface area contributed by atoms with E-state index in [0.717, 1.165) is 11.3 Å². The number of carbonyl (C=O) groups is 2. The van der Waals surface area contributed by atoms with Gasteiger partial charge >= 0.3 is 5.97 Å². The van der Waals surface area contributed by atoms with Crippen LogP contribution in [0.5, 0.6) is 0 Å². The Bertz CT molecular complexity index is 884. The Hall–Kier alpha value is -2.71. The third-order valence-corrected chi connectivity index (χ3v) is 5.38. The molecule has 1 N–H and O–H groups in total. The molecular formula is C19H22N4O4. The summed E-state index contributed by atoms with van der Waals surface area (Å²) in [4.78, 5) is 31.4. The highest BCUT2D eigenvalue weighted by molar-refractivity contribution is 5.93. The predicted molar refractivity (Wildman–Crippen MR) is 96.6 cm³/mol. The fourth-order valence-corrected chi connectivity index (χ4v) is 3.83.